The molecule has 27 heavy (non-hydrogen) atoms. The van der Waals surface area contributed by atoms with E-state index in [2.05, 4.69) is 18.7 Å². The molecule has 0 aliphatic rings. The van der Waals surface area contributed by atoms with Crippen molar-refractivity contribution in [2.75, 3.05) is 19.6 Å². The quantitative estimate of drug-likeness (QED) is 0.566. The second-order valence-corrected chi connectivity index (χ2v) is 7.03. The Labute approximate surface area is 165 Å². The number of carboxylic acids is 1. The molecule has 2 aromatic carbocycles. The van der Waals surface area contributed by atoms with Crippen molar-refractivity contribution in [1.82, 2.24) is 9.47 Å². The fourth-order valence-corrected chi connectivity index (χ4v) is 3.85. The molecule has 3 aromatic rings. The molecule has 0 amide bonds. The first-order valence-corrected chi connectivity index (χ1v) is 9.77. The Hall–Kier alpha value is -2.30. The van der Waals surface area contributed by atoms with Crippen LogP contribution in [-0.2, 0) is 6.54 Å². The summed E-state index contributed by atoms with van der Waals surface area (Å²) in [6, 6.07) is 15.4. The largest absolute Gasteiger partial charge is 0.477 e. The maximum absolute atomic E-state index is 12.1. The highest BCUT2D eigenvalue weighted by molar-refractivity contribution is 6.31. The molecule has 142 valence electrons. The second kappa shape index (κ2) is 8.59. The third-order valence-corrected chi connectivity index (χ3v) is 5.27. The van der Waals surface area contributed by atoms with Crippen molar-refractivity contribution >= 4 is 28.3 Å². The summed E-state index contributed by atoms with van der Waals surface area (Å²) in [7, 11) is 0. The minimum absolute atomic E-state index is 0.333. The van der Waals surface area contributed by atoms with Crippen LogP contribution in [0.4, 0.5) is 0 Å². The zero-order valence-electron chi connectivity index (χ0n) is 15.8. The van der Waals surface area contributed by atoms with Crippen LogP contribution < -0.4 is 0 Å². The Bertz CT molecular complexity index is 930. The molecule has 0 radical (unpaired) electrons. The molecule has 0 saturated carbocycles. The van der Waals surface area contributed by atoms with E-state index < -0.39 is 5.97 Å². The SMILES string of the molecule is CCN(CC)CCCn1c(C(=O)O)c2ccc(Cl)cc2c1-c1ccccc1. The van der Waals surface area contributed by atoms with Crippen LogP contribution in [0.5, 0.6) is 0 Å². The molecule has 0 saturated heterocycles. The number of rotatable bonds is 8. The van der Waals surface area contributed by atoms with Crippen LogP contribution in [0, 0.1) is 0 Å². The van der Waals surface area contributed by atoms with E-state index in [1.54, 1.807) is 6.07 Å². The normalized spacial score (nSPS) is 11.4. The highest BCUT2D eigenvalue weighted by Gasteiger charge is 2.22. The third kappa shape index (κ3) is 4.02. The third-order valence-electron chi connectivity index (χ3n) is 5.03. The molecule has 1 N–H and O–H groups in total. The summed E-state index contributed by atoms with van der Waals surface area (Å²) >= 11 is 6.24. The van der Waals surface area contributed by atoms with Gasteiger partial charge in [-0.3, -0.25) is 0 Å². The van der Waals surface area contributed by atoms with Crippen LogP contribution >= 0.6 is 11.6 Å². The first kappa shape index (κ1) is 19.5. The molecule has 1 aromatic heterocycles. The van der Waals surface area contributed by atoms with Crippen LogP contribution in [0.25, 0.3) is 22.0 Å². The lowest BCUT2D eigenvalue weighted by atomic mass is 10.1. The van der Waals surface area contributed by atoms with Gasteiger partial charge < -0.3 is 14.6 Å². The number of carbonyl (C=O) groups is 1. The molecule has 5 heteroatoms. The summed E-state index contributed by atoms with van der Waals surface area (Å²) < 4.78 is 1.95. The number of benzene rings is 2. The van der Waals surface area contributed by atoms with Gasteiger partial charge in [-0.25, -0.2) is 4.79 Å². The average Bonchev–Trinajstić information content (AvgIpc) is 2.99. The number of fused-ring (bicyclic) bond motifs is 1. The van der Waals surface area contributed by atoms with Crippen LogP contribution in [0.1, 0.15) is 30.8 Å². The molecule has 0 aliphatic heterocycles. The summed E-state index contributed by atoms with van der Waals surface area (Å²) in [6.45, 7) is 7.87. The average molecular weight is 385 g/mol. The van der Waals surface area contributed by atoms with Gasteiger partial charge in [0, 0.05) is 22.3 Å². The van der Waals surface area contributed by atoms with Gasteiger partial charge in [0.05, 0.1) is 5.69 Å². The van der Waals surface area contributed by atoms with E-state index in [9.17, 15) is 9.90 Å². The van der Waals surface area contributed by atoms with Gasteiger partial charge in [-0.1, -0.05) is 61.8 Å². The van der Waals surface area contributed by atoms with E-state index in [4.69, 9.17) is 11.6 Å². The van der Waals surface area contributed by atoms with Crippen LogP contribution in [-0.4, -0.2) is 40.2 Å². The maximum atomic E-state index is 12.1. The molecule has 0 unspecified atom stereocenters. The van der Waals surface area contributed by atoms with E-state index in [-0.39, 0.29) is 0 Å². The molecule has 0 fully saturated rings. The van der Waals surface area contributed by atoms with Crippen molar-refractivity contribution in [3.05, 3.63) is 59.2 Å². The van der Waals surface area contributed by atoms with Gasteiger partial charge in [0.25, 0.3) is 0 Å². The molecular weight excluding hydrogens is 360 g/mol. The summed E-state index contributed by atoms with van der Waals surface area (Å²) in [4.78, 5) is 14.5. The zero-order chi connectivity index (χ0) is 19.4. The predicted molar refractivity (Wildman–Crippen MR) is 112 cm³/mol. The summed E-state index contributed by atoms with van der Waals surface area (Å²) in [5.41, 5.74) is 2.25. The van der Waals surface area contributed by atoms with E-state index in [1.807, 2.05) is 47.0 Å². The lowest BCUT2D eigenvalue weighted by molar-refractivity contribution is 0.0687. The van der Waals surface area contributed by atoms with Gasteiger partial charge in [0.15, 0.2) is 0 Å². The smallest absolute Gasteiger partial charge is 0.353 e. The van der Waals surface area contributed by atoms with Gasteiger partial charge in [0.1, 0.15) is 5.69 Å². The monoisotopic (exact) mass is 384 g/mol. The van der Waals surface area contributed by atoms with Crippen LogP contribution in [0.15, 0.2) is 48.5 Å². The Kier molecular flexibility index (Phi) is 6.19. The van der Waals surface area contributed by atoms with Crippen molar-refractivity contribution in [3.8, 4) is 11.3 Å². The molecule has 1 heterocycles. The number of aromatic carboxylic acids is 1. The highest BCUT2D eigenvalue weighted by atomic mass is 35.5. The number of halogens is 1. The second-order valence-electron chi connectivity index (χ2n) is 6.59. The molecule has 0 bridgehead atoms. The Morgan fingerprint density at radius 3 is 2.41 bits per heavy atom. The molecule has 3 rings (SSSR count). The van der Waals surface area contributed by atoms with Crippen molar-refractivity contribution in [3.63, 3.8) is 0 Å². The van der Waals surface area contributed by atoms with Crippen molar-refractivity contribution < 1.29 is 9.90 Å². The highest BCUT2D eigenvalue weighted by Crippen LogP contribution is 2.36. The number of hydrogen-bond acceptors (Lipinski definition) is 2. The van der Waals surface area contributed by atoms with Crippen molar-refractivity contribution in [2.24, 2.45) is 0 Å². The van der Waals surface area contributed by atoms with E-state index in [0.29, 0.717) is 17.3 Å². The van der Waals surface area contributed by atoms with Gasteiger partial charge in [-0.15, -0.1) is 0 Å². The van der Waals surface area contributed by atoms with Crippen LogP contribution in [0.2, 0.25) is 5.02 Å². The number of hydrogen-bond donors (Lipinski definition) is 1. The maximum Gasteiger partial charge on any atom is 0.353 e. The Morgan fingerprint density at radius 2 is 1.78 bits per heavy atom. The summed E-state index contributed by atoms with van der Waals surface area (Å²) in [5.74, 6) is -0.910. The number of carboxylic acid groups (broad SMARTS) is 1. The van der Waals surface area contributed by atoms with Gasteiger partial charge in [0.2, 0.25) is 0 Å². The number of nitrogens with zero attached hydrogens (tertiary/aromatic N) is 2. The fraction of sp³-hybridized carbons (Fsp3) is 0.318. The number of aromatic nitrogens is 1. The summed E-state index contributed by atoms with van der Waals surface area (Å²) in [6.07, 6.45) is 0.885. The molecule has 0 aliphatic carbocycles. The Morgan fingerprint density at radius 1 is 1.07 bits per heavy atom. The molecule has 0 spiro atoms. The predicted octanol–water partition coefficient (Wildman–Crippen LogP) is 5.39. The standard InChI is InChI=1S/C22H25ClN2O2/c1-3-24(4-2)13-8-14-25-20(16-9-6-5-7-10-16)19-15-17(23)11-12-18(19)21(25)22(26)27/h5-7,9-12,15H,3-4,8,13-14H2,1-2H3,(H,26,27). The van der Waals surface area contributed by atoms with Crippen LogP contribution in [0.3, 0.4) is 0 Å². The first-order valence-electron chi connectivity index (χ1n) is 9.39. The van der Waals surface area contributed by atoms with E-state index in [0.717, 1.165) is 48.1 Å². The van der Waals surface area contributed by atoms with Gasteiger partial charge in [-0.2, -0.15) is 0 Å². The fourth-order valence-electron chi connectivity index (χ4n) is 3.68. The molecule has 0 atom stereocenters. The van der Waals surface area contributed by atoms with Crippen molar-refractivity contribution in [2.45, 2.75) is 26.8 Å². The minimum atomic E-state index is -0.910. The van der Waals surface area contributed by atoms with E-state index in [1.165, 1.54) is 0 Å². The Balaban J connectivity index is 2.14. The first-order chi connectivity index (χ1) is 13.1. The van der Waals surface area contributed by atoms with Crippen molar-refractivity contribution in [1.29, 1.82) is 0 Å². The molecule has 4 nitrogen and oxygen atoms in total. The lowest BCUT2D eigenvalue weighted by Gasteiger charge is -2.19. The summed E-state index contributed by atoms with van der Waals surface area (Å²) in [5, 5.41) is 12.2. The topological polar surface area (TPSA) is 45.5 Å². The zero-order valence-corrected chi connectivity index (χ0v) is 16.5. The molecular formula is C22H25ClN2O2. The van der Waals surface area contributed by atoms with Gasteiger partial charge in [-0.05, 0) is 43.8 Å². The minimum Gasteiger partial charge on any atom is -0.477 e. The van der Waals surface area contributed by atoms with E-state index >= 15 is 0 Å². The lowest BCUT2D eigenvalue weighted by Crippen LogP contribution is -2.25. The van der Waals surface area contributed by atoms with Gasteiger partial charge >= 0.3 is 5.97 Å².